The molecule has 23 heavy (non-hydrogen) atoms. The average Bonchev–Trinajstić information content (AvgIpc) is 3.16. The van der Waals surface area contributed by atoms with Crippen molar-refractivity contribution in [2.45, 2.75) is 19.4 Å². The number of hydrogen-bond acceptors (Lipinski definition) is 5. The van der Waals surface area contributed by atoms with Crippen LogP contribution in [0.4, 0.5) is 5.69 Å². The number of halogens is 1. The van der Waals surface area contributed by atoms with Gasteiger partial charge in [0.15, 0.2) is 5.78 Å². The zero-order valence-corrected chi connectivity index (χ0v) is 13.8. The molecule has 7 heteroatoms. The van der Waals surface area contributed by atoms with Gasteiger partial charge in [-0.25, -0.2) is 0 Å². The molecule has 5 nitrogen and oxygen atoms in total. The predicted octanol–water partition coefficient (Wildman–Crippen LogP) is 3.74. The lowest BCUT2D eigenvalue weighted by Gasteiger charge is -2.09. The maximum atomic E-state index is 12.2. The van der Waals surface area contributed by atoms with E-state index >= 15 is 0 Å². The monoisotopic (exact) mass is 348 g/mol. The minimum Gasteiger partial charge on any atom is -0.382 e. The van der Waals surface area contributed by atoms with Crippen LogP contribution in [-0.4, -0.2) is 23.5 Å². The van der Waals surface area contributed by atoms with E-state index in [0.29, 0.717) is 27.7 Å². The second-order valence-corrected chi connectivity index (χ2v) is 6.78. The highest BCUT2D eigenvalue weighted by atomic mass is 35.5. The van der Waals surface area contributed by atoms with Crippen molar-refractivity contribution < 1.29 is 14.4 Å². The lowest BCUT2D eigenvalue weighted by Crippen LogP contribution is -2.27. The topological polar surface area (TPSA) is 67.8 Å². The molecule has 118 valence electrons. The van der Waals surface area contributed by atoms with Crippen LogP contribution in [0, 0.1) is 0 Å². The van der Waals surface area contributed by atoms with Gasteiger partial charge in [-0.05, 0) is 43.3 Å². The van der Waals surface area contributed by atoms with Gasteiger partial charge in [-0.1, -0.05) is 16.8 Å². The van der Waals surface area contributed by atoms with E-state index in [-0.39, 0.29) is 11.7 Å². The van der Waals surface area contributed by atoms with Crippen molar-refractivity contribution in [2.24, 2.45) is 5.16 Å². The van der Waals surface area contributed by atoms with Crippen LogP contribution in [0.1, 0.15) is 28.6 Å². The lowest BCUT2D eigenvalue weighted by atomic mass is 10.1. The quantitative estimate of drug-likeness (QED) is 0.856. The summed E-state index contributed by atoms with van der Waals surface area (Å²) in [6.45, 7) is 1.50. The second-order valence-electron chi connectivity index (χ2n) is 5.06. The van der Waals surface area contributed by atoms with E-state index in [4.69, 9.17) is 16.4 Å². The molecule has 0 bridgehead atoms. The Morgan fingerprint density at radius 3 is 2.61 bits per heavy atom. The van der Waals surface area contributed by atoms with Crippen molar-refractivity contribution in [1.82, 2.24) is 0 Å². The van der Waals surface area contributed by atoms with Crippen molar-refractivity contribution in [3.63, 3.8) is 0 Å². The first-order valence-electron chi connectivity index (χ1n) is 6.93. The fourth-order valence-electron chi connectivity index (χ4n) is 2.14. The van der Waals surface area contributed by atoms with E-state index in [1.165, 1.54) is 18.3 Å². The van der Waals surface area contributed by atoms with Crippen LogP contribution < -0.4 is 5.32 Å². The first-order chi connectivity index (χ1) is 11.0. The molecular formula is C16H13ClN2O3S. The number of amides is 1. The number of nitrogens with one attached hydrogen (secondary N) is 1. The van der Waals surface area contributed by atoms with Crippen LogP contribution in [0.2, 0.25) is 4.34 Å². The number of carbonyl (C=O) groups is 2. The number of carbonyl (C=O) groups excluding carboxylic acids is 2. The van der Waals surface area contributed by atoms with Gasteiger partial charge < -0.3 is 10.2 Å². The summed E-state index contributed by atoms with van der Waals surface area (Å²) in [4.78, 5) is 29.6. The number of anilines is 1. The van der Waals surface area contributed by atoms with Gasteiger partial charge >= 0.3 is 0 Å². The van der Waals surface area contributed by atoms with Crippen molar-refractivity contribution in [2.75, 3.05) is 5.32 Å². The average molecular weight is 349 g/mol. The number of benzene rings is 1. The summed E-state index contributed by atoms with van der Waals surface area (Å²) in [6, 6.07) is 10.4. The molecule has 0 saturated heterocycles. The number of thiophene rings is 1. The second kappa shape index (κ2) is 6.52. The Balaban J connectivity index is 1.60. The molecule has 0 spiro atoms. The largest absolute Gasteiger partial charge is 0.382 e. The molecule has 1 aromatic carbocycles. The Hall–Kier alpha value is -2.18. The summed E-state index contributed by atoms with van der Waals surface area (Å²) < 4.78 is 0.668. The van der Waals surface area contributed by atoms with Gasteiger partial charge in [0.2, 0.25) is 6.10 Å². The van der Waals surface area contributed by atoms with Gasteiger partial charge in [0, 0.05) is 17.7 Å². The van der Waals surface area contributed by atoms with Gasteiger partial charge in [-0.3, -0.25) is 9.59 Å². The molecule has 0 radical (unpaired) electrons. The van der Waals surface area contributed by atoms with Gasteiger partial charge in [0.1, 0.15) is 5.71 Å². The first-order valence-corrected chi connectivity index (χ1v) is 8.12. The molecule has 2 aromatic rings. The fraction of sp³-hybridized carbons (Fsp3) is 0.188. The Kier molecular flexibility index (Phi) is 4.45. The van der Waals surface area contributed by atoms with Gasteiger partial charge in [-0.15, -0.1) is 11.3 Å². The smallest absolute Gasteiger partial charge is 0.268 e. The molecule has 0 saturated carbocycles. The van der Waals surface area contributed by atoms with Crippen molar-refractivity contribution in [3.8, 4) is 0 Å². The molecule has 1 N–H and O–H groups in total. The molecule has 1 aliphatic heterocycles. The lowest BCUT2D eigenvalue weighted by molar-refractivity contribution is -0.125. The zero-order valence-electron chi connectivity index (χ0n) is 12.2. The highest BCUT2D eigenvalue weighted by Crippen LogP contribution is 2.26. The van der Waals surface area contributed by atoms with Crippen molar-refractivity contribution in [3.05, 3.63) is 51.2 Å². The molecular weight excluding hydrogens is 336 g/mol. The van der Waals surface area contributed by atoms with E-state index in [0.717, 1.165) is 4.88 Å². The summed E-state index contributed by atoms with van der Waals surface area (Å²) in [7, 11) is 0. The third kappa shape index (κ3) is 3.60. The third-order valence-corrected chi connectivity index (χ3v) is 4.66. The number of nitrogens with zero attached hydrogens (tertiary/aromatic N) is 1. The van der Waals surface area contributed by atoms with Crippen molar-refractivity contribution in [1.29, 1.82) is 0 Å². The Morgan fingerprint density at radius 1 is 1.26 bits per heavy atom. The molecule has 1 amide bonds. The van der Waals surface area contributed by atoms with Gasteiger partial charge in [-0.2, -0.15) is 0 Å². The van der Waals surface area contributed by atoms with Crippen LogP contribution in [0.15, 0.2) is 41.6 Å². The van der Waals surface area contributed by atoms with E-state index in [9.17, 15) is 9.59 Å². The van der Waals surface area contributed by atoms with Crippen LogP contribution in [0.3, 0.4) is 0 Å². The minimum atomic E-state index is -0.668. The third-order valence-electron chi connectivity index (χ3n) is 3.38. The molecule has 1 aliphatic rings. The maximum Gasteiger partial charge on any atom is 0.268 e. The fourth-order valence-corrected chi connectivity index (χ4v) is 3.18. The normalized spacial score (nSPS) is 16.6. The number of oxime groups is 1. The van der Waals surface area contributed by atoms with Crippen LogP contribution in [0.25, 0.3) is 0 Å². The number of hydrogen-bond donors (Lipinski definition) is 1. The molecule has 2 heterocycles. The zero-order chi connectivity index (χ0) is 16.4. The van der Waals surface area contributed by atoms with Gasteiger partial charge in [0.05, 0.1) is 9.21 Å². The number of rotatable bonds is 4. The van der Waals surface area contributed by atoms with E-state index in [2.05, 4.69) is 10.5 Å². The molecule has 0 fully saturated rings. The Morgan fingerprint density at radius 2 is 2.00 bits per heavy atom. The molecule has 1 aromatic heterocycles. The SMILES string of the molecule is CC(=O)c1ccc(NC(=O)C2CC(c3ccc(Cl)s3)=NO2)cc1. The summed E-state index contributed by atoms with van der Waals surface area (Å²) in [5, 5.41) is 6.72. The molecule has 3 rings (SSSR count). The Bertz CT molecular complexity index is 783. The summed E-state index contributed by atoms with van der Waals surface area (Å²) in [5.74, 6) is -0.295. The number of ketones is 1. The first kappa shape index (κ1) is 15.7. The molecule has 0 aliphatic carbocycles. The molecule has 1 atom stereocenters. The summed E-state index contributed by atoms with van der Waals surface area (Å²) in [6.07, 6.45) is -0.271. The molecule has 1 unspecified atom stereocenters. The van der Waals surface area contributed by atoms with E-state index < -0.39 is 6.10 Å². The summed E-state index contributed by atoms with van der Waals surface area (Å²) >= 11 is 7.30. The van der Waals surface area contributed by atoms with E-state index in [1.807, 2.05) is 6.07 Å². The van der Waals surface area contributed by atoms with Crippen LogP contribution in [0.5, 0.6) is 0 Å². The highest BCUT2D eigenvalue weighted by molar-refractivity contribution is 7.18. The highest BCUT2D eigenvalue weighted by Gasteiger charge is 2.29. The van der Waals surface area contributed by atoms with Gasteiger partial charge in [0.25, 0.3) is 5.91 Å². The predicted molar refractivity (Wildman–Crippen MR) is 90.4 cm³/mol. The van der Waals surface area contributed by atoms with Crippen molar-refractivity contribution >= 4 is 46.0 Å². The Labute approximate surface area is 141 Å². The number of Topliss-reactive ketones (excluding diaryl/α,β-unsaturated/α-hetero) is 1. The summed E-state index contributed by atoms with van der Waals surface area (Å²) in [5.41, 5.74) is 1.92. The minimum absolute atomic E-state index is 0.0188. The standard InChI is InChI=1S/C16H13ClN2O3S/c1-9(20)10-2-4-11(5-3-10)18-16(21)13-8-12(19-22-13)14-6-7-15(17)23-14/h2-7,13H,8H2,1H3,(H,18,21). The van der Waals surface area contributed by atoms with Crippen LogP contribution >= 0.6 is 22.9 Å². The maximum absolute atomic E-state index is 12.2. The van der Waals surface area contributed by atoms with E-state index in [1.54, 1.807) is 30.3 Å². The van der Waals surface area contributed by atoms with Crippen LogP contribution in [-0.2, 0) is 9.63 Å².